The summed E-state index contributed by atoms with van der Waals surface area (Å²) in [7, 11) is 0. The molecular weight excluding hydrogens is 328 g/mol. The van der Waals surface area contributed by atoms with Gasteiger partial charge in [0, 0.05) is 24.5 Å². The number of halogens is 1. The number of likely N-dealkylation sites (tertiary alicyclic amines) is 1. The molecule has 128 valence electrons. The molecule has 6 nitrogen and oxygen atoms in total. The average molecular weight is 349 g/mol. The first kappa shape index (κ1) is 16.8. The highest BCUT2D eigenvalue weighted by molar-refractivity contribution is 6.30. The third-order valence-corrected chi connectivity index (χ3v) is 4.96. The maximum atomic E-state index is 12.3. The molecule has 2 aliphatic rings. The summed E-state index contributed by atoms with van der Waals surface area (Å²) in [6, 6.07) is 7.69. The van der Waals surface area contributed by atoms with E-state index in [0.29, 0.717) is 32.4 Å². The fraction of sp³-hybridized carbons (Fsp3) is 0.471. The van der Waals surface area contributed by atoms with Crippen LogP contribution < -0.4 is 11.1 Å². The molecule has 0 aliphatic carbocycles. The Hall–Kier alpha value is -2.08. The maximum absolute atomic E-state index is 12.3. The zero-order valence-corrected chi connectivity index (χ0v) is 14.2. The van der Waals surface area contributed by atoms with Gasteiger partial charge in [-0.05, 0) is 43.4 Å². The number of piperidine rings is 1. The Morgan fingerprint density at radius 2 is 1.96 bits per heavy atom. The van der Waals surface area contributed by atoms with Gasteiger partial charge in [-0.1, -0.05) is 23.7 Å². The average Bonchev–Trinajstić information content (AvgIpc) is 2.83. The van der Waals surface area contributed by atoms with Crippen LogP contribution in [0, 0.1) is 0 Å². The van der Waals surface area contributed by atoms with E-state index in [4.69, 9.17) is 17.3 Å². The predicted molar refractivity (Wildman–Crippen MR) is 92.7 cm³/mol. The van der Waals surface area contributed by atoms with Gasteiger partial charge >= 0.3 is 0 Å². The second-order valence-corrected chi connectivity index (χ2v) is 6.78. The van der Waals surface area contributed by atoms with Gasteiger partial charge in [-0.2, -0.15) is 0 Å². The molecule has 2 amide bonds. The lowest BCUT2D eigenvalue weighted by molar-refractivity contribution is -0.135. The molecule has 0 aromatic heterocycles. The Morgan fingerprint density at radius 3 is 2.54 bits per heavy atom. The largest absolute Gasteiger partial charge is 0.370 e. The monoisotopic (exact) mass is 348 g/mol. The zero-order chi connectivity index (χ0) is 17.2. The van der Waals surface area contributed by atoms with Crippen LogP contribution in [0.2, 0.25) is 5.02 Å². The van der Waals surface area contributed by atoms with Crippen LogP contribution in [-0.4, -0.2) is 41.3 Å². The molecule has 7 heteroatoms. The summed E-state index contributed by atoms with van der Waals surface area (Å²) in [6.07, 6.45) is 3.22. The number of hydrogen-bond donors (Lipinski definition) is 2. The van der Waals surface area contributed by atoms with Crippen molar-refractivity contribution < 1.29 is 9.59 Å². The highest BCUT2D eigenvalue weighted by atomic mass is 35.5. The fourth-order valence-corrected chi connectivity index (χ4v) is 3.39. The van der Waals surface area contributed by atoms with Crippen molar-refractivity contribution in [2.45, 2.75) is 37.6 Å². The minimum Gasteiger partial charge on any atom is -0.370 e. The second-order valence-electron chi connectivity index (χ2n) is 6.34. The van der Waals surface area contributed by atoms with Crippen LogP contribution in [0.15, 0.2) is 29.3 Å². The molecule has 1 aromatic carbocycles. The third kappa shape index (κ3) is 3.53. The van der Waals surface area contributed by atoms with Gasteiger partial charge in [0.15, 0.2) is 5.96 Å². The van der Waals surface area contributed by atoms with E-state index < -0.39 is 5.54 Å². The summed E-state index contributed by atoms with van der Waals surface area (Å²) >= 11 is 5.86. The van der Waals surface area contributed by atoms with E-state index in [0.717, 1.165) is 17.9 Å². The van der Waals surface area contributed by atoms with E-state index in [1.165, 1.54) is 5.56 Å². The molecule has 1 aromatic rings. The van der Waals surface area contributed by atoms with Crippen LogP contribution in [0.5, 0.6) is 0 Å². The molecule has 0 unspecified atom stereocenters. The smallest absolute Gasteiger partial charge is 0.254 e. The van der Waals surface area contributed by atoms with Crippen molar-refractivity contribution in [3.8, 4) is 0 Å². The predicted octanol–water partition coefficient (Wildman–Crippen LogP) is 1.47. The molecule has 1 spiro atoms. The van der Waals surface area contributed by atoms with Crippen molar-refractivity contribution in [2.24, 2.45) is 10.7 Å². The van der Waals surface area contributed by atoms with Gasteiger partial charge in [0.1, 0.15) is 5.54 Å². The zero-order valence-electron chi connectivity index (χ0n) is 13.4. The molecular formula is C17H21ClN4O2. The Bertz CT molecular complexity index is 664. The van der Waals surface area contributed by atoms with E-state index in [1.807, 2.05) is 29.2 Å². The minimum absolute atomic E-state index is 0.133. The SMILES string of the molecule is NC1=NC2(CCN(C(=O)CCCc3ccc(Cl)cc3)CC2)C(=O)N1. The van der Waals surface area contributed by atoms with Crippen LogP contribution in [0.4, 0.5) is 0 Å². The van der Waals surface area contributed by atoms with Crippen LogP contribution in [0.3, 0.4) is 0 Å². The summed E-state index contributed by atoms with van der Waals surface area (Å²) in [5.41, 5.74) is 6.00. The van der Waals surface area contributed by atoms with E-state index in [2.05, 4.69) is 10.3 Å². The topological polar surface area (TPSA) is 87.8 Å². The Kier molecular flexibility index (Phi) is 4.76. The van der Waals surface area contributed by atoms with Crippen LogP contribution in [-0.2, 0) is 16.0 Å². The van der Waals surface area contributed by atoms with Gasteiger partial charge < -0.3 is 10.6 Å². The number of nitrogens with zero attached hydrogens (tertiary/aromatic N) is 2. The lowest BCUT2D eigenvalue weighted by atomic mass is 9.88. The normalized spacial score (nSPS) is 19.3. The summed E-state index contributed by atoms with van der Waals surface area (Å²) in [4.78, 5) is 30.4. The fourth-order valence-electron chi connectivity index (χ4n) is 3.26. The van der Waals surface area contributed by atoms with Gasteiger partial charge in [-0.3, -0.25) is 14.9 Å². The van der Waals surface area contributed by atoms with Gasteiger partial charge in [0.25, 0.3) is 5.91 Å². The minimum atomic E-state index is -0.760. The van der Waals surface area contributed by atoms with Crippen LogP contribution in [0.25, 0.3) is 0 Å². The van der Waals surface area contributed by atoms with Gasteiger partial charge in [-0.25, -0.2) is 4.99 Å². The Morgan fingerprint density at radius 1 is 1.29 bits per heavy atom. The van der Waals surface area contributed by atoms with Crippen molar-refractivity contribution in [3.63, 3.8) is 0 Å². The van der Waals surface area contributed by atoms with Crippen molar-refractivity contribution in [1.29, 1.82) is 0 Å². The number of nitrogens with one attached hydrogen (secondary N) is 1. The quantitative estimate of drug-likeness (QED) is 0.863. The van der Waals surface area contributed by atoms with Gasteiger partial charge in [0.05, 0.1) is 0 Å². The van der Waals surface area contributed by atoms with E-state index >= 15 is 0 Å². The highest BCUT2D eigenvalue weighted by Gasteiger charge is 2.45. The number of aryl methyl sites for hydroxylation is 1. The van der Waals surface area contributed by atoms with Crippen molar-refractivity contribution in [1.82, 2.24) is 10.2 Å². The molecule has 1 saturated heterocycles. The van der Waals surface area contributed by atoms with E-state index in [1.54, 1.807) is 0 Å². The highest BCUT2D eigenvalue weighted by Crippen LogP contribution is 2.29. The standard InChI is InChI=1S/C17H21ClN4O2/c18-13-6-4-12(5-7-13)2-1-3-14(23)22-10-8-17(9-11-22)15(24)20-16(19)21-17/h4-7H,1-3,8-11H2,(H3,19,20,21,24). The lowest BCUT2D eigenvalue weighted by Crippen LogP contribution is -2.50. The number of amides is 2. The van der Waals surface area contributed by atoms with Crippen LogP contribution in [0.1, 0.15) is 31.2 Å². The molecule has 3 N–H and O–H groups in total. The molecule has 0 bridgehead atoms. The van der Waals surface area contributed by atoms with Crippen molar-refractivity contribution in [3.05, 3.63) is 34.9 Å². The molecule has 24 heavy (non-hydrogen) atoms. The van der Waals surface area contributed by atoms with Gasteiger partial charge in [-0.15, -0.1) is 0 Å². The molecule has 0 radical (unpaired) electrons. The second kappa shape index (κ2) is 6.81. The number of hydrogen-bond acceptors (Lipinski definition) is 4. The first-order chi connectivity index (χ1) is 11.5. The first-order valence-electron chi connectivity index (χ1n) is 8.17. The molecule has 2 heterocycles. The summed E-state index contributed by atoms with van der Waals surface area (Å²) in [5, 5.41) is 3.27. The number of rotatable bonds is 4. The molecule has 1 fully saturated rings. The van der Waals surface area contributed by atoms with Gasteiger partial charge in [0.2, 0.25) is 5.91 Å². The van der Waals surface area contributed by atoms with E-state index in [-0.39, 0.29) is 17.8 Å². The first-order valence-corrected chi connectivity index (χ1v) is 8.55. The summed E-state index contributed by atoms with van der Waals surface area (Å²) in [6.45, 7) is 1.09. The van der Waals surface area contributed by atoms with Crippen molar-refractivity contribution in [2.75, 3.05) is 13.1 Å². The number of benzene rings is 1. The number of guanidine groups is 1. The summed E-state index contributed by atoms with van der Waals surface area (Å²) in [5.74, 6) is 0.173. The Balaban J connectivity index is 1.45. The molecule has 3 rings (SSSR count). The van der Waals surface area contributed by atoms with E-state index in [9.17, 15) is 9.59 Å². The van der Waals surface area contributed by atoms with Crippen molar-refractivity contribution >= 4 is 29.4 Å². The molecule has 0 atom stereocenters. The third-order valence-electron chi connectivity index (χ3n) is 4.71. The number of nitrogens with two attached hydrogens (primary N) is 1. The number of carbonyl (C=O) groups is 2. The number of carbonyl (C=O) groups excluding carboxylic acids is 2. The number of aliphatic imine (C=N–C) groups is 1. The Labute approximate surface area is 146 Å². The summed E-state index contributed by atoms with van der Waals surface area (Å²) < 4.78 is 0. The lowest BCUT2D eigenvalue weighted by Gasteiger charge is -2.35. The molecule has 2 aliphatic heterocycles. The maximum Gasteiger partial charge on any atom is 0.254 e. The van der Waals surface area contributed by atoms with Crippen LogP contribution >= 0.6 is 11.6 Å². The molecule has 0 saturated carbocycles.